The zero-order valence-electron chi connectivity index (χ0n) is 11.5. The molecule has 0 saturated heterocycles. The largest absolute Gasteiger partial charge is 0.494 e. The predicted molar refractivity (Wildman–Crippen MR) is 73.7 cm³/mol. The van der Waals surface area contributed by atoms with Crippen molar-refractivity contribution in [3.63, 3.8) is 0 Å². The Morgan fingerprint density at radius 1 is 1.12 bits per heavy atom. The van der Waals surface area contributed by atoms with Gasteiger partial charge in [0.25, 0.3) is 0 Å². The van der Waals surface area contributed by atoms with E-state index in [4.69, 9.17) is 4.74 Å². The summed E-state index contributed by atoms with van der Waals surface area (Å²) in [6.07, 6.45) is 2.11. The van der Waals surface area contributed by atoms with Crippen LogP contribution in [0.3, 0.4) is 0 Å². The Bertz CT molecular complexity index is 311. The number of hydrogen-bond donors (Lipinski definition) is 1. The van der Waals surface area contributed by atoms with Crippen molar-refractivity contribution in [3.8, 4) is 5.75 Å². The average molecular weight is 235 g/mol. The van der Waals surface area contributed by atoms with Crippen molar-refractivity contribution in [3.05, 3.63) is 29.8 Å². The lowest BCUT2D eigenvalue weighted by Gasteiger charge is -2.20. The summed E-state index contributed by atoms with van der Waals surface area (Å²) in [6.45, 7) is 10.5. The van der Waals surface area contributed by atoms with Gasteiger partial charge in [-0.1, -0.05) is 19.1 Å². The summed E-state index contributed by atoms with van der Waals surface area (Å²) in [5.74, 6) is 0.972. The normalized spacial score (nSPS) is 11.5. The van der Waals surface area contributed by atoms with E-state index in [-0.39, 0.29) is 5.54 Å². The maximum Gasteiger partial charge on any atom is 0.119 e. The Labute approximate surface area is 105 Å². The molecule has 17 heavy (non-hydrogen) atoms. The topological polar surface area (TPSA) is 21.3 Å². The molecular formula is C15H25NO. The van der Waals surface area contributed by atoms with Gasteiger partial charge in [-0.2, -0.15) is 0 Å². The fourth-order valence-electron chi connectivity index (χ4n) is 1.55. The van der Waals surface area contributed by atoms with Gasteiger partial charge in [-0.15, -0.1) is 0 Å². The summed E-state index contributed by atoms with van der Waals surface area (Å²) < 4.78 is 5.55. The van der Waals surface area contributed by atoms with E-state index in [2.05, 4.69) is 57.3 Å². The zero-order chi connectivity index (χ0) is 12.7. The van der Waals surface area contributed by atoms with E-state index in [1.807, 2.05) is 0 Å². The molecule has 0 unspecified atom stereocenters. The Hall–Kier alpha value is -1.02. The summed E-state index contributed by atoms with van der Waals surface area (Å²) in [7, 11) is 0. The first kappa shape index (κ1) is 14.0. The maximum absolute atomic E-state index is 5.55. The first-order valence-corrected chi connectivity index (χ1v) is 6.48. The highest BCUT2D eigenvalue weighted by atomic mass is 16.5. The molecule has 1 aromatic carbocycles. The molecule has 0 aliphatic rings. The van der Waals surface area contributed by atoms with Crippen molar-refractivity contribution in [2.45, 2.75) is 46.1 Å². The molecule has 0 atom stereocenters. The lowest BCUT2D eigenvalue weighted by Crippen LogP contribution is -2.37. The second-order valence-corrected chi connectivity index (χ2v) is 5.42. The van der Waals surface area contributed by atoms with Gasteiger partial charge in [0.05, 0.1) is 6.61 Å². The van der Waals surface area contributed by atoms with E-state index < -0.39 is 0 Å². The van der Waals surface area contributed by atoms with Crippen LogP contribution in [0, 0.1) is 0 Å². The lowest BCUT2D eigenvalue weighted by atomic mass is 10.1. The van der Waals surface area contributed by atoms with Crippen LogP contribution in [-0.4, -0.2) is 18.7 Å². The van der Waals surface area contributed by atoms with Crippen LogP contribution < -0.4 is 10.1 Å². The third-order valence-electron chi connectivity index (χ3n) is 2.47. The highest BCUT2D eigenvalue weighted by molar-refractivity contribution is 5.27. The Morgan fingerprint density at radius 2 is 1.76 bits per heavy atom. The molecular weight excluding hydrogens is 210 g/mol. The molecule has 0 spiro atoms. The first-order valence-electron chi connectivity index (χ1n) is 6.48. The SMILES string of the molecule is CCCOc1ccc(CCNC(C)(C)C)cc1. The van der Waals surface area contributed by atoms with Crippen LogP contribution in [0.25, 0.3) is 0 Å². The van der Waals surface area contributed by atoms with Gasteiger partial charge in [0, 0.05) is 5.54 Å². The van der Waals surface area contributed by atoms with Crippen molar-refractivity contribution in [2.24, 2.45) is 0 Å². The molecule has 0 fully saturated rings. The Balaban J connectivity index is 2.35. The smallest absolute Gasteiger partial charge is 0.119 e. The van der Waals surface area contributed by atoms with E-state index in [0.717, 1.165) is 31.7 Å². The number of ether oxygens (including phenoxy) is 1. The van der Waals surface area contributed by atoms with Crippen molar-refractivity contribution in [1.29, 1.82) is 0 Å². The fourth-order valence-corrected chi connectivity index (χ4v) is 1.55. The lowest BCUT2D eigenvalue weighted by molar-refractivity contribution is 0.317. The van der Waals surface area contributed by atoms with Crippen LogP contribution in [0.2, 0.25) is 0 Å². The van der Waals surface area contributed by atoms with Crippen LogP contribution in [-0.2, 0) is 6.42 Å². The third-order valence-corrected chi connectivity index (χ3v) is 2.47. The molecule has 0 heterocycles. The van der Waals surface area contributed by atoms with Gasteiger partial charge in [-0.05, 0) is 57.9 Å². The molecule has 96 valence electrons. The zero-order valence-corrected chi connectivity index (χ0v) is 11.5. The number of nitrogens with one attached hydrogen (secondary N) is 1. The highest BCUT2D eigenvalue weighted by Gasteiger charge is 2.07. The quantitative estimate of drug-likeness (QED) is 0.816. The number of benzene rings is 1. The second-order valence-electron chi connectivity index (χ2n) is 5.42. The summed E-state index contributed by atoms with van der Waals surface area (Å²) in [6, 6.07) is 8.41. The van der Waals surface area contributed by atoms with Gasteiger partial charge >= 0.3 is 0 Å². The van der Waals surface area contributed by atoms with Crippen LogP contribution in [0.1, 0.15) is 39.7 Å². The molecule has 0 aliphatic carbocycles. The summed E-state index contributed by atoms with van der Waals surface area (Å²) in [5, 5.41) is 3.49. The molecule has 2 heteroatoms. The Morgan fingerprint density at radius 3 is 2.29 bits per heavy atom. The Kier molecular flexibility index (Phi) is 5.49. The number of rotatable bonds is 6. The molecule has 0 radical (unpaired) electrons. The minimum atomic E-state index is 0.199. The van der Waals surface area contributed by atoms with Crippen molar-refractivity contribution in [1.82, 2.24) is 5.32 Å². The van der Waals surface area contributed by atoms with Gasteiger partial charge in [-0.25, -0.2) is 0 Å². The highest BCUT2D eigenvalue weighted by Crippen LogP contribution is 2.12. The van der Waals surface area contributed by atoms with E-state index >= 15 is 0 Å². The van der Waals surface area contributed by atoms with Gasteiger partial charge in [-0.3, -0.25) is 0 Å². The fraction of sp³-hybridized carbons (Fsp3) is 0.600. The van der Waals surface area contributed by atoms with Gasteiger partial charge in [0.2, 0.25) is 0 Å². The summed E-state index contributed by atoms with van der Waals surface area (Å²) in [5.41, 5.74) is 1.55. The van der Waals surface area contributed by atoms with Gasteiger partial charge in [0.1, 0.15) is 5.75 Å². The van der Waals surface area contributed by atoms with Crippen molar-refractivity contribution >= 4 is 0 Å². The molecule has 0 aliphatic heterocycles. The monoisotopic (exact) mass is 235 g/mol. The molecule has 1 rings (SSSR count). The van der Waals surface area contributed by atoms with E-state index in [0.29, 0.717) is 0 Å². The minimum Gasteiger partial charge on any atom is -0.494 e. The van der Waals surface area contributed by atoms with Crippen LogP contribution in [0.4, 0.5) is 0 Å². The van der Waals surface area contributed by atoms with E-state index in [1.165, 1.54) is 5.56 Å². The standard InChI is InChI=1S/C15H25NO/c1-5-12-17-14-8-6-13(7-9-14)10-11-16-15(2,3)4/h6-9,16H,5,10-12H2,1-4H3. The maximum atomic E-state index is 5.55. The summed E-state index contributed by atoms with van der Waals surface area (Å²) >= 11 is 0. The summed E-state index contributed by atoms with van der Waals surface area (Å²) in [4.78, 5) is 0. The molecule has 0 bridgehead atoms. The molecule has 2 nitrogen and oxygen atoms in total. The van der Waals surface area contributed by atoms with E-state index in [9.17, 15) is 0 Å². The molecule has 1 aromatic rings. The van der Waals surface area contributed by atoms with Crippen LogP contribution in [0.5, 0.6) is 5.75 Å². The van der Waals surface area contributed by atoms with Crippen LogP contribution >= 0.6 is 0 Å². The third kappa shape index (κ3) is 6.32. The van der Waals surface area contributed by atoms with Crippen molar-refractivity contribution < 1.29 is 4.74 Å². The van der Waals surface area contributed by atoms with E-state index in [1.54, 1.807) is 0 Å². The van der Waals surface area contributed by atoms with Crippen molar-refractivity contribution in [2.75, 3.05) is 13.2 Å². The minimum absolute atomic E-state index is 0.199. The number of hydrogen-bond acceptors (Lipinski definition) is 2. The average Bonchev–Trinajstić information content (AvgIpc) is 2.26. The molecule has 1 N–H and O–H groups in total. The first-order chi connectivity index (χ1) is 8.01. The molecule has 0 amide bonds. The predicted octanol–water partition coefficient (Wildman–Crippen LogP) is 3.41. The second kappa shape index (κ2) is 6.65. The molecule has 0 aromatic heterocycles. The van der Waals surface area contributed by atoms with Gasteiger partial charge in [0.15, 0.2) is 0 Å². The van der Waals surface area contributed by atoms with Gasteiger partial charge < -0.3 is 10.1 Å². The molecule has 0 saturated carbocycles. The van der Waals surface area contributed by atoms with Crippen LogP contribution in [0.15, 0.2) is 24.3 Å².